The quantitative estimate of drug-likeness (QED) is 0.847. The summed E-state index contributed by atoms with van der Waals surface area (Å²) in [4.78, 5) is 13.3. The first-order chi connectivity index (χ1) is 7.73. The van der Waals surface area contributed by atoms with E-state index in [0.29, 0.717) is 0 Å². The van der Waals surface area contributed by atoms with Crippen LogP contribution in [0.4, 0.5) is 13.2 Å². The van der Waals surface area contributed by atoms with Crippen molar-refractivity contribution in [3.8, 4) is 0 Å². The molecule has 18 heavy (non-hydrogen) atoms. The Balaban J connectivity index is 0.00000289. The van der Waals surface area contributed by atoms with Gasteiger partial charge in [0.05, 0.1) is 12.0 Å². The summed E-state index contributed by atoms with van der Waals surface area (Å²) in [7, 11) is 0. The molecule has 1 aliphatic rings. The monoisotopic (exact) mass is 288 g/mol. The molecular weight excluding hydrogens is 269 g/mol. The van der Waals surface area contributed by atoms with Gasteiger partial charge in [-0.3, -0.25) is 4.79 Å². The van der Waals surface area contributed by atoms with Crippen LogP contribution in [0.3, 0.4) is 0 Å². The molecule has 0 bridgehead atoms. The average molecular weight is 289 g/mol. The Labute approximate surface area is 111 Å². The fourth-order valence-corrected chi connectivity index (χ4v) is 1.92. The molecule has 1 amide bonds. The molecule has 2 N–H and O–H groups in total. The maximum absolute atomic E-state index is 12.4. The number of piperidine rings is 1. The fraction of sp³-hybridized carbons (Fsp3) is 0.909. The summed E-state index contributed by atoms with van der Waals surface area (Å²) in [5.74, 6) is -1.51. The lowest BCUT2D eigenvalue weighted by Crippen LogP contribution is -2.50. The number of hydrogen-bond donors (Lipinski definition) is 1. The third kappa shape index (κ3) is 4.31. The van der Waals surface area contributed by atoms with Crippen molar-refractivity contribution in [2.24, 2.45) is 17.6 Å². The van der Waals surface area contributed by atoms with Gasteiger partial charge in [0.2, 0.25) is 5.91 Å². The lowest BCUT2D eigenvalue weighted by molar-refractivity contribution is -0.186. The van der Waals surface area contributed by atoms with Crippen LogP contribution < -0.4 is 5.73 Å². The number of nitrogens with two attached hydrogens (primary N) is 1. The summed E-state index contributed by atoms with van der Waals surface area (Å²) >= 11 is 0. The molecule has 1 atom stereocenters. The molecule has 1 heterocycles. The van der Waals surface area contributed by atoms with E-state index >= 15 is 0 Å². The number of carbonyl (C=O) groups excluding carboxylic acids is 1. The van der Waals surface area contributed by atoms with Crippen molar-refractivity contribution in [3.05, 3.63) is 0 Å². The molecule has 1 saturated heterocycles. The predicted octanol–water partition coefficient (Wildman–Crippen LogP) is 2.19. The molecule has 1 rings (SSSR count). The van der Waals surface area contributed by atoms with E-state index in [-0.39, 0.29) is 50.2 Å². The third-order valence-electron chi connectivity index (χ3n) is 3.27. The van der Waals surface area contributed by atoms with Gasteiger partial charge in [0.1, 0.15) is 0 Å². The van der Waals surface area contributed by atoms with Crippen LogP contribution in [0.5, 0.6) is 0 Å². The van der Waals surface area contributed by atoms with Crippen molar-refractivity contribution in [2.45, 2.75) is 38.9 Å². The molecular formula is C11H20ClF3N2O. The summed E-state index contributed by atoms with van der Waals surface area (Å²) in [6, 6.07) is -0.613. The minimum absolute atomic E-state index is 0. The SMILES string of the molecule is CC(C)C(N)C(=O)N1CCC(C(F)(F)F)CC1.Cl. The van der Waals surface area contributed by atoms with Gasteiger partial charge in [-0.25, -0.2) is 0 Å². The van der Waals surface area contributed by atoms with Gasteiger partial charge in [-0.05, 0) is 18.8 Å². The van der Waals surface area contributed by atoms with E-state index in [9.17, 15) is 18.0 Å². The van der Waals surface area contributed by atoms with Crippen LogP contribution in [-0.4, -0.2) is 36.1 Å². The minimum atomic E-state index is -4.14. The number of nitrogens with zero attached hydrogens (tertiary/aromatic N) is 1. The van der Waals surface area contributed by atoms with Crippen molar-refractivity contribution >= 4 is 18.3 Å². The van der Waals surface area contributed by atoms with Crippen LogP contribution in [0.1, 0.15) is 26.7 Å². The van der Waals surface area contributed by atoms with Crippen LogP contribution in [0.25, 0.3) is 0 Å². The van der Waals surface area contributed by atoms with Crippen LogP contribution in [0.2, 0.25) is 0 Å². The molecule has 0 radical (unpaired) electrons. The third-order valence-corrected chi connectivity index (χ3v) is 3.27. The zero-order valence-corrected chi connectivity index (χ0v) is 11.4. The minimum Gasteiger partial charge on any atom is -0.341 e. The van der Waals surface area contributed by atoms with Crippen molar-refractivity contribution in [1.29, 1.82) is 0 Å². The lowest BCUT2D eigenvalue weighted by Gasteiger charge is -2.34. The molecule has 0 aromatic heterocycles. The molecule has 1 fully saturated rings. The molecule has 0 spiro atoms. The topological polar surface area (TPSA) is 46.3 Å². The van der Waals surface area contributed by atoms with E-state index in [1.54, 1.807) is 0 Å². The van der Waals surface area contributed by atoms with E-state index in [1.807, 2.05) is 13.8 Å². The van der Waals surface area contributed by atoms with E-state index in [1.165, 1.54) is 4.90 Å². The summed E-state index contributed by atoms with van der Waals surface area (Å²) in [6.07, 6.45) is -4.17. The smallest absolute Gasteiger partial charge is 0.341 e. The first-order valence-corrected chi connectivity index (χ1v) is 5.84. The van der Waals surface area contributed by atoms with Crippen molar-refractivity contribution in [1.82, 2.24) is 4.90 Å². The highest BCUT2D eigenvalue weighted by Gasteiger charge is 2.42. The molecule has 1 aliphatic heterocycles. The van der Waals surface area contributed by atoms with Crippen molar-refractivity contribution in [3.63, 3.8) is 0 Å². The fourth-order valence-electron chi connectivity index (χ4n) is 1.92. The van der Waals surface area contributed by atoms with Gasteiger partial charge >= 0.3 is 6.18 Å². The number of likely N-dealkylation sites (tertiary alicyclic amines) is 1. The number of carbonyl (C=O) groups is 1. The van der Waals surface area contributed by atoms with E-state index < -0.39 is 18.1 Å². The van der Waals surface area contributed by atoms with Crippen LogP contribution >= 0.6 is 12.4 Å². The van der Waals surface area contributed by atoms with Crippen molar-refractivity contribution in [2.75, 3.05) is 13.1 Å². The number of hydrogen-bond acceptors (Lipinski definition) is 2. The number of rotatable bonds is 2. The Morgan fingerprint density at radius 3 is 2.06 bits per heavy atom. The van der Waals surface area contributed by atoms with Crippen LogP contribution in [0, 0.1) is 11.8 Å². The van der Waals surface area contributed by atoms with E-state index in [4.69, 9.17) is 5.73 Å². The lowest BCUT2D eigenvalue weighted by atomic mass is 9.95. The number of amides is 1. The Kier molecular flexibility index (Phi) is 6.43. The van der Waals surface area contributed by atoms with Crippen LogP contribution in [0.15, 0.2) is 0 Å². The molecule has 0 saturated carbocycles. The van der Waals surface area contributed by atoms with Gasteiger partial charge < -0.3 is 10.6 Å². The van der Waals surface area contributed by atoms with Gasteiger partial charge in [-0.2, -0.15) is 13.2 Å². The van der Waals surface area contributed by atoms with Gasteiger partial charge in [0, 0.05) is 13.1 Å². The Bertz CT molecular complexity index is 276. The van der Waals surface area contributed by atoms with Gasteiger partial charge in [0.15, 0.2) is 0 Å². The average Bonchev–Trinajstić information content (AvgIpc) is 2.26. The predicted molar refractivity (Wildman–Crippen MR) is 65.4 cm³/mol. The highest BCUT2D eigenvalue weighted by molar-refractivity contribution is 5.85. The summed E-state index contributed by atoms with van der Waals surface area (Å²) < 4.78 is 37.3. The first kappa shape index (κ1) is 17.5. The number of halogens is 4. The maximum Gasteiger partial charge on any atom is 0.391 e. The van der Waals surface area contributed by atoms with Gasteiger partial charge in [0.25, 0.3) is 0 Å². The second kappa shape index (κ2) is 6.61. The molecule has 3 nitrogen and oxygen atoms in total. The second-order valence-corrected chi connectivity index (χ2v) is 4.91. The van der Waals surface area contributed by atoms with E-state index in [2.05, 4.69) is 0 Å². The highest BCUT2D eigenvalue weighted by atomic mass is 35.5. The summed E-state index contributed by atoms with van der Waals surface area (Å²) in [5, 5.41) is 0. The molecule has 7 heteroatoms. The van der Waals surface area contributed by atoms with Gasteiger partial charge in [-0.1, -0.05) is 13.8 Å². The summed E-state index contributed by atoms with van der Waals surface area (Å²) in [5.41, 5.74) is 5.70. The standard InChI is InChI=1S/C11H19F3N2O.ClH/c1-7(2)9(15)10(17)16-5-3-8(4-6-16)11(12,13)14;/h7-9H,3-6,15H2,1-2H3;1H. The van der Waals surface area contributed by atoms with Gasteiger partial charge in [-0.15, -0.1) is 12.4 Å². The Morgan fingerprint density at radius 1 is 1.28 bits per heavy atom. The maximum atomic E-state index is 12.4. The molecule has 108 valence electrons. The largest absolute Gasteiger partial charge is 0.391 e. The summed E-state index contributed by atoms with van der Waals surface area (Å²) in [6.45, 7) is 3.96. The number of alkyl halides is 3. The molecule has 0 aliphatic carbocycles. The second-order valence-electron chi connectivity index (χ2n) is 4.91. The Morgan fingerprint density at radius 2 is 1.72 bits per heavy atom. The van der Waals surface area contributed by atoms with Crippen molar-refractivity contribution < 1.29 is 18.0 Å². The molecule has 0 aromatic rings. The van der Waals surface area contributed by atoms with E-state index in [0.717, 1.165) is 0 Å². The Hall–Kier alpha value is -0.490. The zero-order chi connectivity index (χ0) is 13.2. The normalized spacial score (nSPS) is 19.6. The molecule has 0 aromatic carbocycles. The molecule has 1 unspecified atom stereocenters. The highest BCUT2D eigenvalue weighted by Crippen LogP contribution is 2.34. The first-order valence-electron chi connectivity index (χ1n) is 5.84. The zero-order valence-electron chi connectivity index (χ0n) is 10.5. The van der Waals surface area contributed by atoms with Crippen LogP contribution in [-0.2, 0) is 4.79 Å².